The molecule has 0 aliphatic carbocycles. The highest BCUT2D eigenvalue weighted by Crippen LogP contribution is 2.29. The Labute approximate surface area is 124 Å². The lowest BCUT2D eigenvalue weighted by molar-refractivity contribution is 0.951. The first-order chi connectivity index (χ1) is 9.20. The number of hydrogen-bond acceptors (Lipinski definition) is 3. The van der Waals surface area contributed by atoms with Gasteiger partial charge in [0.25, 0.3) is 0 Å². The van der Waals surface area contributed by atoms with Gasteiger partial charge in [-0.15, -0.1) is 0 Å². The molecule has 0 amide bonds. The number of hydrogen-bond donors (Lipinski definition) is 0. The summed E-state index contributed by atoms with van der Waals surface area (Å²) in [7, 11) is 0. The fourth-order valence-corrected chi connectivity index (χ4v) is 3.45. The summed E-state index contributed by atoms with van der Waals surface area (Å²) < 4.78 is 0.822. The SMILES string of the molecule is Cc1nc(Br)cc(Sc2ccc3ccccc3c2)n1. The predicted molar refractivity (Wildman–Crippen MR) is 82.5 cm³/mol. The van der Waals surface area contributed by atoms with Crippen LogP contribution in [0.2, 0.25) is 0 Å². The second-order valence-corrected chi connectivity index (χ2v) is 6.09. The number of aryl methyl sites for hydroxylation is 1. The van der Waals surface area contributed by atoms with Crippen molar-refractivity contribution < 1.29 is 0 Å². The third-order valence-corrected chi connectivity index (χ3v) is 4.04. The minimum atomic E-state index is 0.776. The van der Waals surface area contributed by atoms with E-state index in [2.05, 4.69) is 68.4 Å². The zero-order valence-corrected chi connectivity index (χ0v) is 12.7. The van der Waals surface area contributed by atoms with Crippen molar-refractivity contribution in [2.75, 3.05) is 0 Å². The zero-order chi connectivity index (χ0) is 13.2. The monoisotopic (exact) mass is 330 g/mol. The third-order valence-electron chi connectivity index (χ3n) is 2.73. The summed E-state index contributed by atoms with van der Waals surface area (Å²) in [6.45, 7) is 1.90. The number of halogens is 1. The Balaban J connectivity index is 1.96. The lowest BCUT2D eigenvalue weighted by Gasteiger charge is -2.04. The molecule has 4 heteroatoms. The van der Waals surface area contributed by atoms with E-state index in [1.54, 1.807) is 11.8 Å². The van der Waals surface area contributed by atoms with Crippen LogP contribution in [0.5, 0.6) is 0 Å². The molecule has 0 radical (unpaired) electrons. The van der Waals surface area contributed by atoms with E-state index >= 15 is 0 Å². The Hall–Kier alpha value is -1.39. The van der Waals surface area contributed by atoms with E-state index < -0.39 is 0 Å². The summed E-state index contributed by atoms with van der Waals surface area (Å²) in [5, 5.41) is 3.46. The van der Waals surface area contributed by atoms with Crippen LogP contribution in [0.15, 0.2) is 63.1 Å². The first-order valence-corrected chi connectivity index (χ1v) is 7.49. The second kappa shape index (κ2) is 5.31. The highest BCUT2D eigenvalue weighted by molar-refractivity contribution is 9.10. The van der Waals surface area contributed by atoms with Gasteiger partial charge in [-0.3, -0.25) is 0 Å². The lowest BCUT2D eigenvalue weighted by atomic mass is 10.1. The molecule has 3 rings (SSSR count). The summed E-state index contributed by atoms with van der Waals surface area (Å²) in [6, 6.07) is 16.7. The van der Waals surface area contributed by atoms with Crippen LogP contribution < -0.4 is 0 Å². The van der Waals surface area contributed by atoms with Crippen LogP contribution in [0.1, 0.15) is 5.82 Å². The van der Waals surface area contributed by atoms with E-state index in [0.717, 1.165) is 15.5 Å². The summed E-state index contributed by atoms with van der Waals surface area (Å²) in [4.78, 5) is 9.83. The van der Waals surface area contributed by atoms with Crippen molar-refractivity contribution in [1.29, 1.82) is 0 Å². The molecule has 2 nitrogen and oxygen atoms in total. The third kappa shape index (κ3) is 2.96. The van der Waals surface area contributed by atoms with Gasteiger partial charge in [-0.05, 0) is 45.8 Å². The van der Waals surface area contributed by atoms with Gasteiger partial charge in [-0.1, -0.05) is 42.1 Å². The molecule has 0 N–H and O–H groups in total. The molecular formula is C15H11BrN2S. The quantitative estimate of drug-likeness (QED) is 0.628. The normalized spacial score (nSPS) is 10.8. The maximum Gasteiger partial charge on any atom is 0.127 e. The molecule has 0 unspecified atom stereocenters. The van der Waals surface area contributed by atoms with Crippen molar-refractivity contribution in [3.63, 3.8) is 0 Å². The van der Waals surface area contributed by atoms with E-state index in [9.17, 15) is 0 Å². The molecule has 0 bridgehead atoms. The molecule has 0 saturated heterocycles. The molecule has 0 spiro atoms. The summed E-state index contributed by atoms with van der Waals surface area (Å²) in [5.74, 6) is 0.776. The molecule has 2 aromatic carbocycles. The van der Waals surface area contributed by atoms with Crippen LogP contribution >= 0.6 is 27.7 Å². The second-order valence-electron chi connectivity index (χ2n) is 4.19. The first kappa shape index (κ1) is 12.6. The Kier molecular flexibility index (Phi) is 3.53. The van der Waals surface area contributed by atoms with Crippen molar-refractivity contribution in [1.82, 2.24) is 9.97 Å². The zero-order valence-electron chi connectivity index (χ0n) is 10.3. The Morgan fingerprint density at radius 3 is 2.53 bits per heavy atom. The van der Waals surface area contributed by atoms with Crippen LogP contribution in [0, 0.1) is 6.92 Å². The fourth-order valence-electron chi connectivity index (χ4n) is 1.91. The van der Waals surface area contributed by atoms with E-state index in [0.29, 0.717) is 0 Å². The smallest absolute Gasteiger partial charge is 0.127 e. The van der Waals surface area contributed by atoms with Gasteiger partial charge in [-0.25, -0.2) is 9.97 Å². The van der Waals surface area contributed by atoms with Crippen LogP contribution in [-0.2, 0) is 0 Å². The summed E-state index contributed by atoms with van der Waals surface area (Å²) in [6.07, 6.45) is 0. The Morgan fingerprint density at radius 2 is 1.74 bits per heavy atom. The molecule has 0 aliphatic heterocycles. The maximum absolute atomic E-state index is 4.43. The van der Waals surface area contributed by atoms with Gasteiger partial charge in [0.2, 0.25) is 0 Å². The van der Waals surface area contributed by atoms with Gasteiger partial charge in [-0.2, -0.15) is 0 Å². The van der Waals surface area contributed by atoms with Crippen molar-refractivity contribution in [2.45, 2.75) is 16.8 Å². The molecule has 0 atom stereocenters. The summed E-state index contributed by atoms with van der Waals surface area (Å²) >= 11 is 5.05. The molecule has 1 aromatic heterocycles. The van der Waals surface area contributed by atoms with Gasteiger partial charge >= 0.3 is 0 Å². The average Bonchev–Trinajstić information content (AvgIpc) is 2.37. The molecular weight excluding hydrogens is 320 g/mol. The highest BCUT2D eigenvalue weighted by Gasteiger charge is 2.03. The first-order valence-electron chi connectivity index (χ1n) is 5.88. The largest absolute Gasteiger partial charge is 0.226 e. The van der Waals surface area contributed by atoms with Crippen molar-refractivity contribution in [3.8, 4) is 0 Å². The molecule has 94 valence electrons. The number of fused-ring (bicyclic) bond motifs is 1. The molecule has 0 fully saturated rings. The van der Waals surface area contributed by atoms with E-state index in [4.69, 9.17) is 0 Å². The summed E-state index contributed by atoms with van der Waals surface area (Å²) in [5.41, 5.74) is 0. The topological polar surface area (TPSA) is 25.8 Å². The minimum Gasteiger partial charge on any atom is -0.226 e. The van der Waals surface area contributed by atoms with E-state index in [-0.39, 0.29) is 0 Å². The van der Waals surface area contributed by atoms with E-state index in [1.807, 2.05) is 13.0 Å². The molecule has 19 heavy (non-hydrogen) atoms. The molecule has 1 heterocycles. The number of aromatic nitrogens is 2. The molecule has 0 saturated carbocycles. The van der Waals surface area contributed by atoms with Crippen LogP contribution in [-0.4, -0.2) is 9.97 Å². The van der Waals surface area contributed by atoms with Crippen molar-refractivity contribution in [3.05, 3.63) is 59.0 Å². The van der Waals surface area contributed by atoms with E-state index in [1.165, 1.54) is 15.7 Å². The molecule has 0 aliphatic rings. The van der Waals surface area contributed by atoms with Crippen LogP contribution in [0.4, 0.5) is 0 Å². The predicted octanol–water partition coefficient (Wildman–Crippen LogP) is 4.85. The number of benzene rings is 2. The van der Waals surface area contributed by atoms with Crippen LogP contribution in [0.25, 0.3) is 10.8 Å². The highest BCUT2D eigenvalue weighted by atomic mass is 79.9. The van der Waals surface area contributed by atoms with Crippen molar-refractivity contribution >= 4 is 38.5 Å². The number of rotatable bonds is 2. The average molecular weight is 331 g/mol. The fraction of sp³-hybridized carbons (Fsp3) is 0.0667. The lowest BCUT2D eigenvalue weighted by Crippen LogP contribution is -1.90. The minimum absolute atomic E-state index is 0.776. The van der Waals surface area contributed by atoms with Crippen LogP contribution in [0.3, 0.4) is 0 Å². The van der Waals surface area contributed by atoms with Gasteiger partial charge < -0.3 is 0 Å². The Morgan fingerprint density at radius 1 is 0.947 bits per heavy atom. The maximum atomic E-state index is 4.43. The van der Waals surface area contributed by atoms with Gasteiger partial charge in [0.1, 0.15) is 15.5 Å². The van der Waals surface area contributed by atoms with Gasteiger partial charge in [0.15, 0.2) is 0 Å². The Bertz CT molecular complexity index is 723. The van der Waals surface area contributed by atoms with Crippen molar-refractivity contribution in [2.24, 2.45) is 0 Å². The standard InChI is InChI=1S/C15H11BrN2S/c1-10-17-14(16)9-15(18-10)19-13-7-6-11-4-2-3-5-12(11)8-13/h2-9H,1H3. The van der Waals surface area contributed by atoms with Gasteiger partial charge in [0, 0.05) is 11.0 Å². The number of nitrogens with zero attached hydrogens (tertiary/aromatic N) is 2. The van der Waals surface area contributed by atoms with Gasteiger partial charge in [0.05, 0.1) is 0 Å². The molecule has 3 aromatic rings.